The number of H-pyrrole nitrogens is 1. The van der Waals surface area contributed by atoms with Crippen LogP contribution in [0.2, 0.25) is 0 Å². The largest absolute Gasteiger partial charge is 0.493 e. The van der Waals surface area contributed by atoms with Crippen molar-refractivity contribution in [3.63, 3.8) is 0 Å². The molecule has 8 nitrogen and oxygen atoms in total. The van der Waals surface area contributed by atoms with E-state index in [9.17, 15) is 4.79 Å². The monoisotopic (exact) mass is 497 g/mol. The van der Waals surface area contributed by atoms with Crippen molar-refractivity contribution in [3.8, 4) is 11.5 Å². The number of hydrogen-bond donors (Lipinski definition) is 3. The molecule has 9 heteroatoms. The second kappa shape index (κ2) is 10.0. The quantitative estimate of drug-likeness (QED) is 0.263. The molecular weight excluding hydrogens is 473 g/mol. The number of fused-ring (bicyclic) bond motifs is 1. The zero-order valence-corrected chi connectivity index (χ0v) is 18.1. The maximum absolute atomic E-state index is 12.0. The first kappa shape index (κ1) is 21.6. The van der Waals surface area contributed by atoms with E-state index in [4.69, 9.17) is 15.2 Å². The molecule has 3 rings (SSSR count). The van der Waals surface area contributed by atoms with Crippen molar-refractivity contribution < 1.29 is 9.47 Å². The van der Waals surface area contributed by atoms with Crippen molar-refractivity contribution in [3.05, 3.63) is 58.5 Å². The summed E-state index contributed by atoms with van der Waals surface area (Å²) in [5, 5.41) is 3.03. The number of hydrogen-bond acceptors (Lipinski definition) is 4. The molecule has 0 atom stereocenters. The smallest absolute Gasteiger partial charge is 0.326 e. The Morgan fingerprint density at radius 3 is 2.68 bits per heavy atom. The Morgan fingerprint density at radius 1 is 1.18 bits per heavy atom. The Labute approximate surface area is 179 Å². The maximum atomic E-state index is 12.0. The van der Waals surface area contributed by atoms with Gasteiger partial charge in [-0.05, 0) is 29.8 Å². The molecule has 0 aliphatic heterocycles. The predicted molar refractivity (Wildman–Crippen MR) is 121 cm³/mol. The summed E-state index contributed by atoms with van der Waals surface area (Å²) in [5.41, 5.74) is 8.42. The zero-order valence-electron chi connectivity index (χ0n) is 15.8. The standard InChI is InChI=1S/C19H23N5O3.HI/c1-26-16-8-7-13(11-17(16)27-2)12-22-18(20)21-9-10-24-15-6-4-3-5-14(15)23-19(24)25;/h3-8,11H,9-10,12H2,1-2H3,(H,23,25)(H3,20,21,22);1H. The van der Waals surface area contributed by atoms with Gasteiger partial charge in [0.1, 0.15) is 0 Å². The van der Waals surface area contributed by atoms with Gasteiger partial charge in [0, 0.05) is 13.1 Å². The highest BCUT2D eigenvalue weighted by molar-refractivity contribution is 14.0. The van der Waals surface area contributed by atoms with Crippen molar-refractivity contribution in [1.29, 1.82) is 0 Å². The summed E-state index contributed by atoms with van der Waals surface area (Å²) < 4.78 is 12.2. The van der Waals surface area contributed by atoms with Gasteiger partial charge < -0.3 is 25.5 Å². The molecule has 0 fully saturated rings. The topological polar surface area (TPSA) is 107 Å². The predicted octanol–water partition coefficient (Wildman–Crippen LogP) is 2.07. The number of aromatic amines is 1. The first-order valence-corrected chi connectivity index (χ1v) is 8.54. The molecule has 150 valence electrons. The van der Waals surface area contributed by atoms with Crippen molar-refractivity contribution in [1.82, 2.24) is 14.9 Å². The van der Waals surface area contributed by atoms with Gasteiger partial charge >= 0.3 is 5.69 Å². The van der Waals surface area contributed by atoms with Crippen LogP contribution in [0.25, 0.3) is 11.0 Å². The zero-order chi connectivity index (χ0) is 19.2. The van der Waals surface area contributed by atoms with Crippen LogP contribution in [0.5, 0.6) is 11.5 Å². The minimum atomic E-state index is -0.140. The number of aromatic nitrogens is 2. The highest BCUT2D eigenvalue weighted by atomic mass is 127. The number of aliphatic imine (C=N–C) groups is 1. The van der Waals surface area contributed by atoms with E-state index >= 15 is 0 Å². The number of methoxy groups -OCH3 is 2. The Hall–Kier alpha value is -2.69. The number of halogens is 1. The van der Waals surface area contributed by atoms with Crippen LogP contribution in [0, 0.1) is 0 Å². The molecule has 28 heavy (non-hydrogen) atoms. The molecule has 0 radical (unpaired) electrons. The van der Waals surface area contributed by atoms with Gasteiger partial charge in [-0.1, -0.05) is 18.2 Å². The molecule has 0 saturated heterocycles. The van der Waals surface area contributed by atoms with Crippen molar-refractivity contribution >= 4 is 41.0 Å². The van der Waals surface area contributed by atoms with Gasteiger partial charge in [0.15, 0.2) is 17.5 Å². The number of nitrogens with two attached hydrogens (primary N) is 1. The van der Waals surface area contributed by atoms with Crippen LogP contribution < -0.4 is 26.2 Å². The molecule has 0 spiro atoms. The molecule has 0 bridgehead atoms. The van der Waals surface area contributed by atoms with E-state index in [0.717, 1.165) is 16.6 Å². The number of guanidine groups is 1. The third-order valence-corrected chi connectivity index (χ3v) is 4.20. The van der Waals surface area contributed by atoms with E-state index in [1.54, 1.807) is 18.8 Å². The number of nitrogens with zero attached hydrogens (tertiary/aromatic N) is 2. The minimum absolute atomic E-state index is 0. The molecule has 0 unspecified atom stereocenters. The number of benzene rings is 2. The number of nitrogens with one attached hydrogen (secondary N) is 2. The fraction of sp³-hybridized carbons (Fsp3) is 0.263. The minimum Gasteiger partial charge on any atom is -0.493 e. The van der Waals surface area contributed by atoms with E-state index in [1.807, 2.05) is 42.5 Å². The molecule has 1 aromatic heterocycles. The maximum Gasteiger partial charge on any atom is 0.326 e. The summed E-state index contributed by atoms with van der Waals surface area (Å²) in [7, 11) is 3.18. The molecule has 0 aliphatic rings. The fourth-order valence-electron chi connectivity index (χ4n) is 2.84. The summed E-state index contributed by atoms with van der Waals surface area (Å²) in [6, 6.07) is 13.2. The van der Waals surface area contributed by atoms with Gasteiger partial charge in [-0.25, -0.2) is 9.79 Å². The summed E-state index contributed by atoms with van der Waals surface area (Å²) >= 11 is 0. The summed E-state index contributed by atoms with van der Waals surface area (Å²) in [5.74, 6) is 1.63. The van der Waals surface area contributed by atoms with E-state index in [1.165, 1.54) is 0 Å². The highest BCUT2D eigenvalue weighted by Gasteiger charge is 2.06. The van der Waals surface area contributed by atoms with Gasteiger partial charge in [-0.3, -0.25) is 4.57 Å². The molecule has 0 saturated carbocycles. The number of rotatable bonds is 7. The van der Waals surface area contributed by atoms with Crippen LogP contribution >= 0.6 is 24.0 Å². The summed E-state index contributed by atoms with van der Waals surface area (Å²) in [6.07, 6.45) is 0. The Balaban J connectivity index is 0.00000280. The van der Waals surface area contributed by atoms with Crippen LogP contribution in [-0.2, 0) is 13.1 Å². The molecule has 1 heterocycles. The normalized spacial score (nSPS) is 11.1. The van der Waals surface area contributed by atoms with Crippen molar-refractivity contribution in [2.24, 2.45) is 10.7 Å². The lowest BCUT2D eigenvalue weighted by atomic mass is 10.2. The molecule has 4 N–H and O–H groups in total. The Bertz CT molecular complexity index is 1010. The molecule has 2 aromatic carbocycles. The molecule has 0 amide bonds. The van der Waals surface area contributed by atoms with Gasteiger partial charge in [-0.15, -0.1) is 24.0 Å². The second-order valence-electron chi connectivity index (χ2n) is 5.92. The van der Waals surface area contributed by atoms with Gasteiger partial charge in [-0.2, -0.15) is 0 Å². The van der Waals surface area contributed by atoms with Crippen LogP contribution in [-0.4, -0.2) is 36.3 Å². The average Bonchev–Trinajstić information content (AvgIpc) is 3.01. The lowest BCUT2D eigenvalue weighted by Crippen LogP contribution is -2.35. The lowest BCUT2D eigenvalue weighted by molar-refractivity contribution is 0.354. The lowest BCUT2D eigenvalue weighted by Gasteiger charge is -2.09. The van der Waals surface area contributed by atoms with E-state index in [-0.39, 0.29) is 29.7 Å². The van der Waals surface area contributed by atoms with Crippen LogP contribution in [0.1, 0.15) is 5.56 Å². The Morgan fingerprint density at radius 2 is 1.93 bits per heavy atom. The van der Waals surface area contributed by atoms with Gasteiger partial charge in [0.05, 0.1) is 31.8 Å². The van der Waals surface area contributed by atoms with Gasteiger partial charge in [0.25, 0.3) is 0 Å². The first-order valence-electron chi connectivity index (χ1n) is 8.54. The molecule has 3 aromatic rings. The van der Waals surface area contributed by atoms with E-state index in [0.29, 0.717) is 37.1 Å². The van der Waals surface area contributed by atoms with E-state index in [2.05, 4.69) is 15.3 Å². The highest BCUT2D eigenvalue weighted by Crippen LogP contribution is 2.27. The Kier molecular flexibility index (Phi) is 7.73. The number of imidazole rings is 1. The second-order valence-corrected chi connectivity index (χ2v) is 5.92. The van der Waals surface area contributed by atoms with Crippen molar-refractivity contribution in [2.75, 3.05) is 20.8 Å². The van der Waals surface area contributed by atoms with E-state index < -0.39 is 0 Å². The number of para-hydroxylation sites is 2. The van der Waals surface area contributed by atoms with Crippen LogP contribution in [0.3, 0.4) is 0 Å². The SMILES string of the molecule is COc1ccc(CN=C(N)NCCn2c(=O)[nH]c3ccccc32)cc1OC.I. The average molecular weight is 497 g/mol. The first-order chi connectivity index (χ1) is 13.1. The molecule has 0 aliphatic carbocycles. The van der Waals surface area contributed by atoms with Crippen LogP contribution in [0.4, 0.5) is 0 Å². The third-order valence-electron chi connectivity index (χ3n) is 4.20. The van der Waals surface area contributed by atoms with Crippen molar-refractivity contribution in [2.45, 2.75) is 13.1 Å². The molecular formula is C19H24IN5O3. The summed E-state index contributed by atoms with van der Waals surface area (Å²) in [6.45, 7) is 1.38. The van der Waals surface area contributed by atoms with Crippen LogP contribution in [0.15, 0.2) is 52.3 Å². The third kappa shape index (κ3) is 4.97. The summed E-state index contributed by atoms with van der Waals surface area (Å²) in [4.78, 5) is 19.2. The number of ether oxygens (including phenoxy) is 2. The van der Waals surface area contributed by atoms with Gasteiger partial charge in [0.2, 0.25) is 0 Å². The fourth-order valence-corrected chi connectivity index (χ4v) is 2.84.